The molecule has 2 aromatic rings. The van der Waals surface area contributed by atoms with E-state index >= 15 is 0 Å². The zero-order chi connectivity index (χ0) is 13.1. The van der Waals surface area contributed by atoms with Crippen molar-refractivity contribution in [2.75, 3.05) is 0 Å². The van der Waals surface area contributed by atoms with Crippen LogP contribution in [0.1, 0.15) is 11.5 Å². The van der Waals surface area contributed by atoms with Gasteiger partial charge in [-0.15, -0.1) is 10.2 Å². The number of carbonyl (C=O) groups is 1. The minimum absolute atomic E-state index is 0.131. The number of carboxylic acid groups (broad SMARTS) is 1. The van der Waals surface area contributed by atoms with Crippen molar-refractivity contribution in [2.45, 2.75) is 6.92 Å². The molecule has 0 aliphatic carbocycles. The van der Waals surface area contributed by atoms with Gasteiger partial charge < -0.3 is 9.52 Å². The van der Waals surface area contributed by atoms with E-state index in [0.29, 0.717) is 10.9 Å². The number of aromatic nitrogens is 2. The second kappa shape index (κ2) is 5.01. The number of hydrogen-bond acceptors (Lipinski definition) is 4. The summed E-state index contributed by atoms with van der Waals surface area (Å²) in [4.78, 5) is 10.4. The van der Waals surface area contributed by atoms with Crippen LogP contribution in [0.4, 0.5) is 0 Å². The van der Waals surface area contributed by atoms with Crippen LogP contribution in [0.15, 0.2) is 28.7 Å². The summed E-state index contributed by atoms with van der Waals surface area (Å²) in [5.41, 5.74) is 1.56. The van der Waals surface area contributed by atoms with Crippen molar-refractivity contribution in [3.05, 3.63) is 40.8 Å². The summed E-state index contributed by atoms with van der Waals surface area (Å²) >= 11 is 5.99. The third-order valence-corrected chi connectivity index (χ3v) is 2.72. The molecule has 0 aliphatic heterocycles. The van der Waals surface area contributed by atoms with E-state index in [0.717, 1.165) is 17.2 Å². The van der Waals surface area contributed by atoms with Crippen LogP contribution < -0.4 is 0 Å². The second-order valence-electron chi connectivity index (χ2n) is 3.53. The Hall–Kier alpha value is -2.14. The summed E-state index contributed by atoms with van der Waals surface area (Å²) in [6.07, 6.45) is 2.17. The molecule has 0 saturated carbocycles. The van der Waals surface area contributed by atoms with Gasteiger partial charge in [-0.25, -0.2) is 4.79 Å². The van der Waals surface area contributed by atoms with Crippen LogP contribution in [0, 0.1) is 6.92 Å². The third kappa shape index (κ3) is 2.57. The maximum Gasteiger partial charge on any atom is 0.328 e. The van der Waals surface area contributed by atoms with Gasteiger partial charge in [0.25, 0.3) is 0 Å². The van der Waals surface area contributed by atoms with E-state index in [1.165, 1.54) is 6.08 Å². The lowest BCUT2D eigenvalue weighted by atomic mass is 10.1. The number of benzene rings is 1. The lowest BCUT2D eigenvalue weighted by molar-refractivity contribution is -0.131. The van der Waals surface area contributed by atoms with E-state index in [9.17, 15) is 4.79 Å². The van der Waals surface area contributed by atoms with Gasteiger partial charge in [0.2, 0.25) is 11.8 Å². The Bertz CT molecular complexity index is 620. The molecule has 0 amide bonds. The predicted octanol–water partition coefficient (Wildman–Crippen LogP) is 2.80. The summed E-state index contributed by atoms with van der Waals surface area (Å²) in [7, 11) is 0. The van der Waals surface area contributed by atoms with Gasteiger partial charge in [-0.3, -0.25) is 0 Å². The SMILES string of the molecule is Cc1c(Cl)cccc1-c1nnc(/C=C/C(=O)O)o1. The molecule has 0 bridgehead atoms. The standard InChI is InChI=1S/C12H9ClN2O3/c1-7-8(3-2-4-9(7)13)12-15-14-10(18-12)5-6-11(16)17/h2-6H,1H3,(H,16,17)/b6-5+. The van der Waals surface area contributed by atoms with Crippen molar-refractivity contribution in [3.8, 4) is 11.5 Å². The molecule has 92 valence electrons. The topological polar surface area (TPSA) is 76.2 Å². The smallest absolute Gasteiger partial charge is 0.328 e. The molecule has 1 heterocycles. The summed E-state index contributed by atoms with van der Waals surface area (Å²) in [5, 5.41) is 16.7. The van der Waals surface area contributed by atoms with Crippen LogP contribution in [-0.2, 0) is 4.79 Å². The lowest BCUT2D eigenvalue weighted by Gasteiger charge is -2.01. The average Bonchev–Trinajstić information content (AvgIpc) is 2.78. The maximum atomic E-state index is 10.4. The highest BCUT2D eigenvalue weighted by atomic mass is 35.5. The molecule has 2 rings (SSSR count). The van der Waals surface area contributed by atoms with Gasteiger partial charge in [-0.2, -0.15) is 0 Å². The fourth-order valence-electron chi connectivity index (χ4n) is 1.39. The molecular weight excluding hydrogens is 256 g/mol. The molecule has 0 radical (unpaired) electrons. The number of halogens is 1. The van der Waals surface area contributed by atoms with E-state index in [2.05, 4.69) is 10.2 Å². The molecule has 1 N–H and O–H groups in total. The number of carboxylic acids is 1. The minimum atomic E-state index is -1.08. The first-order chi connectivity index (χ1) is 8.58. The van der Waals surface area contributed by atoms with Gasteiger partial charge in [-0.05, 0) is 24.6 Å². The molecule has 6 heteroatoms. The van der Waals surface area contributed by atoms with Gasteiger partial charge >= 0.3 is 5.97 Å². The van der Waals surface area contributed by atoms with E-state index in [1.807, 2.05) is 6.92 Å². The molecule has 1 aromatic carbocycles. The molecule has 5 nitrogen and oxygen atoms in total. The van der Waals surface area contributed by atoms with Gasteiger partial charge in [0.05, 0.1) is 0 Å². The van der Waals surface area contributed by atoms with Gasteiger partial charge in [0.1, 0.15) is 0 Å². The summed E-state index contributed by atoms with van der Waals surface area (Å²) in [6.45, 7) is 1.84. The lowest BCUT2D eigenvalue weighted by Crippen LogP contribution is -1.85. The third-order valence-electron chi connectivity index (χ3n) is 2.31. The van der Waals surface area contributed by atoms with Crippen LogP contribution in [0.2, 0.25) is 5.02 Å². The van der Waals surface area contributed by atoms with Gasteiger partial charge in [0, 0.05) is 22.7 Å². The van der Waals surface area contributed by atoms with E-state index < -0.39 is 5.97 Å². The molecule has 0 atom stereocenters. The van der Waals surface area contributed by atoms with Crippen LogP contribution in [-0.4, -0.2) is 21.3 Å². The monoisotopic (exact) mass is 264 g/mol. The Kier molecular flexibility index (Phi) is 3.43. The highest BCUT2D eigenvalue weighted by molar-refractivity contribution is 6.31. The highest BCUT2D eigenvalue weighted by Crippen LogP contribution is 2.27. The van der Waals surface area contributed by atoms with E-state index in [4.69, 9.17) is 21.1 Å². The molecule has 0 aliphatic rings. The van der Waals surface area contributed by atoms with Crippen molar-refractivity contribution >= 4 is 23.6 Å². The van der Waals surface area contributed by atoms with Crippen molar-refractivity contribution in [2.24, 2.45) is 0 Å². The number of nitrogens with zero attached hydrogens (tertiary/aromatic N) is 2. The minimum Gasteiger partial charge on any atom is -0.478 e. The first-order valence-electron chi connectivity index (χ1n) is 5.08. The van der Waals surface area contributed by atoms with Crippen LogP contribution in [0.5, 0.6) is 0 Å². The Morgan fingerprint density at radius 1 is 1.44 bits per heavy atom. The van der Waals surface area contributed by atoms with Gasteiger partial charge in [-0.1, -0.05) is 17.7 Å². The largest absolute Gasteiger partial charge is 0.478 e. The number of hydrogen-bond donors (Lipinski definition) is 1. The first kappa shape index (κ1) is 12.3. The van der Waals surface area contributed by atoms with Crippen molar-refractivity contribution in [1.82, 2.24) is 10.2 Å². The summed E-state index contributed by atoms with van der Waals surface area (Å²) in [6, 6.07) is 5.35. The average molecular weight is 265 g/mol. The molecule has 0 saturated heterocycles. The number of rotatable bonds is 3. The highest BCUT2D eigenvalue weighted by Gasteiger charge is 2.11. The Labute approximate surface area is 108 Å². The molecule has 0 fully saturated rings. The molecular formula is C12H9ClN2O3. The summed E-state index contributed by atoms with van der Waals surface area (Å²) < 4.78 is 5.32. The van der Waals surface area contributed by atoms with E-state index in [-0.39, 0.29) is 5.89 Å². The first-order valence-corrected chi connectivity index (χ1v) is 5.45. The van der Waals surface area contributed by atoms with Gasteiger partial charge in [0.15, 0.2) is 0 Å². The maximum absolute atomic E-state index is 10.4. The Morgan fingerprint density at radius 2 is 2.22 bits per heavy atom. The number of aliphatic carboxylic acids is 1. The fourth-order valence-corrected chi connectivity index (χ4v) is 1.57. The van der Waals surface area contributed by atoms with Crippen molar-refractivity contribution in [1.29, 1.82) is 0 Å². The Balaban J connectivity index is 2.35. The van der Waals surface area contributed by atoms with Crippen molar-refractivity contribution < 1.29 is 14.3 Å². The zero-order valence-corrected chi connectivity index (χ0v) is 10.2. The zero-order valence-electron chi connectivity index (χ0n) is 9.42. The fraction of sp³-hybridized carbons (Fsp3) is 0.0833. The predicted molar refractivity (Wildman–Crippen MR) is 66.2 cm³/mol. The molecule has 1 aromatic heterocycles. The summed E-state index contributed by atoms with van der Waals surface area (Å²) in [5.74, 6) is -0.638. The Morgan fingerprint density at radius 3 is 2.94 bits per heavy atom. The molecule has 0 spiro atoms. The van der Waals surface area contributed by atoms with Crippen LogP contribution in [0.3, 0.4) is 0 Å². The van der Waals surface area contributed by atoms with Crippen LogP contribution in [0.25, 0.3) is 17.5 Å². The molecule has 0 unspecified atom stereocenters. The molecule has 18 heavy (non-hydrogen) atoms. The quantitative estimate of drug-likeness (QED) is 0.863. The van der Waals surface area contributed by atoms with E-state index in [1.54, 1.807) is 18.2 Å². The van der Waals surface area contributed by atoms with Crippen molar-refractivity contribution in [3.63, 3.8) is 0 Å². The second-order valence-corrected chi connectivity index (χ2v) is 3.94. The van der Waals surface area contributed by atoms with Crippen LogP contribution >= 0.6 is 11.6 Å². The normalized spacial score (nSPS) is 11.0.